The highest BCUT2D eigenvalue weighted by molar-refractivity contribution is 7.98. The average Bonchev–Trinajstić information content (AvgIpc) is 2.38. The predicted octanol–water partition coefficient (Wildman–Crippen LogP) is 1.15. The van der Waals surface area contributed by atoms with Crippen LogP contribution < -0.4 is 5.32 Å². The molecule has 2 heterocycles. The van der Waals surface area contributed by atoms with E-state index >= 15 is 0 Å². The van der Waals surface area contributed by atoms with Crippen molar-refractivity contribution in [1.82, 2.24) is 9.97 Å². The van der Waals surface area contributed by atoms with Crippen LogP contribution in [0.3, 0.4) is 0 Å². The molecule has 0 aromatic carbocycles. The minimum Gasteiger partial charge on any atom is -0.388 e. The number of aromatic nitrogens is 2. The summed E-state index contributed by atoms with van der Waals surface area (Å²) in [5, 5.41) is 14.2. The van der Waals surface area contributed by atoms with E-state index in [2.05, 4.69) is 15.3 Å². The predicted molar refractivity (Wildman–Crippen MR) is 67.3 cm³/mol. The maximum Gasteiger partial charge on any atom is 0.189 e. The van der Waals surface area contributed by atoms with E-state index in [-0.39, 0.29) is 0 Å². The van der Waals surface area contributed by atoms with E-state index in [1.54, 1.807) is 6.20 Å². The topological polar surface area (TPSA) is 67.3 Å². The SMILES string of the molecule is CSc1nccc(NCC2(O)CCOCC2)n1. The summed E-state index contributed by atoms with van der Waals surface area (Å²) in [6.45, 7) is 1.75. The Bertz CT molecular complexity index is 369. The molecule has 1 aliphatic heterocycles. The zero-order chi connectivity index (χ0) is 12.1. The summed E-state index contributed by atoms with van der Waals surface area (Å²) >= 11 is 1.50. The molecule has 1 aliphatic rings. The van der Waals surface area contributed by atoms with Crippen LogP contribution in [-0.4, -0.2) is 46.7 Å². The standard InChI is InChI=1S/C11H17N3O2S/c1-17-10-12-5-2-9(14-10)13-8-11(15)3-6-16-7-4-11/h2,5,15H,3-4,6-8H2,1H3,(H,12,13,14). The van der Waals surface area contributed by atoms with Gasteiger partial charge in [0.15, 0.2) is 5.16 Å². The number of hydrogen-bond acceptors (Lipinski definition) is 6. The number of rotatable bonds is 4. The first kappa shape index (κ1) is 12.6. The van der Waals surface area contributed by atoms with Gasteiger partial charge in [-0.15, -0.1) is 0 Å². The first-order chi connectivity index (χ1) is 8.22. The minimum absolute atomic E-state index is 0.501. The van der Waals surface area contributed by atoms with Gasteiger partial charge in [0, 0.05) is 38.8 Å². The monoisotopic (exact) mass is 255 g/mol. The van der Waals surface area contributed by atoms with E-state index in [0.717, 1.165) is 11.0 Å². The van der Waals surface area contributed by atoms with Crippen LogP contribution in [0.1, 0.15) is 12.8 Å². The van der Waals surface area contributed by atoms with Crippen molar-refractivity contribution in [3.05, 3.63) is 12.3 Å². The fourth-order valence-electron chi connectivity index (χ4n) is 1.72. The second kappa shape index (κ2) is 5.66. The summed E-state index contributed by atoms with van der Waals surface area (Å²) in [7, 11) is 0. The first-order valence-corrected chi connectivity index (χ1v) is 6.85. The molecule has 17 heavy (non-hydrogen) atoms. The van der Waals surface area contributed by atoms with Crippen molar-refractivity contribution in [1.29, 1.82) is 0 Å². The van der Waals surface area contributed by atoms with Crippen LogP contribution in [0.2, 0.25) is 0 Å². The third-order valence-corrected chi connectivity index (χ3v) is 3.40. The molecule has 0 unspecified atom stereocenters. The third kappa shape index (κ3) is 3.55. The van der Waals surface area contributed by atoms with Crippen molar-refractivity contribution in [2.75, 3.05) is 31.3 Å². The Hall–Kier alpha value is -0.850. The normalized spacial score (nSPS) is 18.9. The molecule has 0 amide bonds. The number of nitrogens with one attached hydrogen (secondary N) is 1. The van der Waals surface area contributed by atoms with E-state index < -0.39 is 5.60 Å². The fraction of sp³-hybridized carbons (Fsp3) is 0.636. The molecule has 0 saturated carbocycles. The van der Waals surface area contributed by atoms with Gasteiger partial charge in [-0.05, 0) is 12.3 Å². The maximum atomic E-state index is 10.3. The Balaban J connectivity index is 1.92. The van der Waals surface area contributed by atoms with E-state index in [1.165, 1.54) is 11.8 Å². The lowest BCUT2D eigenvalue weighted by atomic mass is 9.94. The van der Waals surface area contributed by atoms with E-state index in [0.29, 0.717) is 32.6 Å². The molecule has 1 fully saturated rings. The average molecular weight is 255 g/mol. The Kier molecular flexibility index (Phi) is 4.20. The van der Waals surface area contributed by atoms with Crippen LogP contribution in [0.5, 0.6) is 0 Å². The smallest absolute Gasteiger partial charge is 0.189 e. The second-order valence-corrected chi connectivity index (χ2v) is 4.89. The van der Waals surface area contributed by atoms with Gasteiger partial charge in [-0.1, -0.05) is 11.8 Å². The molecule has 0 spiro atoms. The zero-order valence-corrected chi connectivity index (χ0v) is 10.7. The third-order valence-electron chi connectivity index (χ3n) is 2.84. The molecule has 1 aromatic rings. The van der Waals surface area contributed by atoms with Crippen LogP contribution in [0, 0.1) is 0 Å². The fourth-order valence-corrected chi connectivity index (χ4v) is 2.08. The summed E-state index contributed by atoms with van der Waals surface area (Å²) in [5.41, 5.74) is -0.678. The number of anilines is 1. The van der Waals surface area contributed by atoms with Gasteiger partial charge in [0.2, 0.25) is 0 Å². The molecule has 6 heteroatoms. The van der Waals surface area contributed by atoms with Crippen LogP contribution in [0.15, 0.2) is 17.4 Å². The van der Waals surface area contributed by atoms with Gasteiger partial charge in [0.05, 0.1) is 5.60 Å². The number of aliphatic hydroxyl groups is 1. The molecule has 0 radical (unpaired) electrons. The van der Waals surface area contributed by atoms with Gasteiger partial charge in [0.25, 0.3) is 0 Å². The molecular formula is C11H17N3O2S. The van der Waals surface area contributed by atoms with Gasteiger partial charge in [-0.3, -0.25) is 0 Å². The summed E-state index contributed by atoms with van der Waals surface area (Å²) in [6, 6.07) is 1.81. The lowest BCUT2D eigenvalue weighted by Crippen LogP contribution is -2.42. The van der Waals surface area contributed by atoms with Crippen LogP contribution in [-0.2, 0) is 4.74 Å². The Morgan fingerprint density at radius 1 is 1.53 bits per heavy atom. The van der Waals surface area contributed by atoms with Crippen LogP contribution in [0.25, 0.3) is 0 Å². The molecule has 94 valence electrons. The Morgan fingerprint density at radius 3 is 3.00 bits per heavy atom. The first-order valence-electron chi connectivity index (χ1n) is 5.63. The van der Waals surface area contributed by atoms with Crippen molar-refractivity contribution in [3.8, 4) is 0 Å². The molecule has 1 aromatic heterocycles. The number of hydrogen-bond donors (Lipinski definition) is 2. The molecule has 0 aliphatic carbocycles. The van der Waals surface area contributed by atoms with Crippen molar-refractivity contribution >= 4 is 17.6 Å². The lowest BCUT2D eigenvalue weighted by Gasteiger charge is -2.32. The molecular weight excluding hydrogens is 238 g/mol. The van der Waals surface area contributed by atoms with Crippen molar-refractivity contribution in [2.24, 2.45) is 0 Å². The molecule has 1 saturated heterocycles. The number of ether oxygens (including phenoxy) is 1. The highest BCUT2D eigenvalue weighted by Crippen LogP contribution is 2.21. The highest BCUT2D eigenvalue weighted by Gasteiger charge is 2.29. The number of thioether (sulfide) groups is 1. The molecule has 5 nitrogen and oxygen atoms in total. The second-order valence-electron chi connectivity index (χ2n) is 4.12. The molecule has 0 bridgehead atoms. The summed E-state index contributed by atoms with van der Waals surface area (Å²) in [4.78, 5) is 8.40. The number of nitrogens with zero attached hydrogens (tertiary/aromatic N) is 2. The Labute approximate surface area is 105 Å². The Morgan fingerprint density at radius 2 is 2.29 bits per heavy atom. The van der Waals surface area contributed by atoms with Crippen LogP contribution >= 0.6 is 11.8 Å². The zero-order valence-electron chi connectivity index (χ0n) is 9.85. The largest absolute Gasteiger partial charge is 0.388 e. The van der Waals surface area contributed by atoms with Crippen LogP contribution in [0.4, 0.5) is 5.82 Å². The van der Waals surface area contributed by atoms with Crippen molar-refractivity contribution in [2.45, 2.75) is 23.6 Å². The maximum absolute atomic E-state index is 10.3. The summed E-state index contributed by atoms with van der Waals surface area (Å²) < 4.78 is 5.24. The van der Waals surface area contributed by atoms with Gasteiger partial charge in [-0.25, -0.2) is 9.97 Å². The minimum atomic E-state index is -0.678. The van der Waals surface area contributed by atoms with E-state index in [1.807, 2.05) is 12.3 Å². The lowest BCUT2D eigenvalue weighted by molar-refractivity contribution is -0.0543. The van der Waals surface area contributed by atoms with E-state index in [4.69, 9.17) is 4.74 Å². The van der Waals surface area contributed by atoms with Gasteiger partial charge >= 0.3 is 0 Å². The molecule has 2 N–H and O–H groups in total. The van der Waals surface area contributed by atoms with Gasteiger partial charge in [-0.2, -0.15) is 0 Å². The van der Waals surface area contributed by atoms with Gasteiger partial charge < -0.3 is 15.2 Å². The summed E-state index contributed by atoms with van der Waals surface area (Å²) in [6.07, 6.45) is 4.99. The molecule has 0 atom stereocenters. The van der Waals surface area contributed by atoms with Crippen molar-refractivity contribution in [3.63, 3.8) is 0 Å². The highest BCUT2D eigenvalue weighted by atomic mass is 32.2. The van der Waals surface area contributed by atoms with Gasteiger partial charge in [0.1, 0.15) is 5.82 Å². The molecule has 2 rings (SSSR count). The quantitative estimate of drug-likeness (QED) is 0.621. The van der Waals surface area contributed by atoms with E-state index in [9.17, 15) is 5.11 Å². The summed E-state index contributed by atoms with van der Waals surface area (Å²) in [5.74, 6) is 0.754. The van der Waals surface area contributed by atoms with Crippen molar-refractivity contribution < 1.29 is 9.84 Å².